The van der Waals surface area contributed by atoms with Crippen molar-refractivity contribution in [2.75, 3.05) is 19.6 Å². The number of hydrogen-bond acceptors (Lipinski definition) is 3. The van der Waals surface area contributed by atoms with Crippen LogP contribution in [0.2, 0.25) is 0 Å². The van der Waals surface area contributed by atoms with Gasteiger partial charge in [0.05, 0.1) is 10.7 Å². The summed E-state index contributed by atoms with van der Waals surface area (Å²) in [5, 5.41) is 12.6. The second-order valence-corrected chi connectivity index (χ2v) is 7.29. The fraction of sp³-hybridized carbons (Fsp3) is 0.333. The Bertz CT molecular complexity index is 869. The molecule has 0 spiro atoms. The number of nitrogens with one attached hydrogen (secondary N) is 2. The van der Waals surface area contributed by atoms with Crippen LogP contribution in [0.15, 0.2) is 52.8 Å². The van der Waals surface area contributed by atoms with Crippen molar-refractivity contribution in [3.63, 3.8) is 0 Å². The zero-order chi connectivity index (χ0) is 18.2. The first kappa shape index (κ1) is 18.4. The quantitative estimate of drug-likeness (QED) is 0.492. The molecule has 0 atom stereocenters. The number of guanidine groups is 1. The molecule has 136 valence electrons. The molecule has 0 bridgehead atoms. The van der Waals surface area contributed by atoms with Gasteiger partial charge in [-0.25, -0.2) is 4.98 Å². The van der Waals surface area contributed by atoms with E-state index in [1.54, 1.807) is 11.3 Å². The van der Waals surface area contributed by atoms with Crippen LogP contribution in [0.1, 0.15) is 23.2 Å². The van der Waals surface area contributed by atoms with Gasteiger partial charge in [-0.05, 0) is 36.6 Å². The molecule has 0 radical (unpaired) electrons. The van der Waals surface area contributed by atoms with E-state index in [1.165, 1.54) is 16.3 Å². The lowest BCUT2D eigenvalue weighted by molar-refractivity contribution is 0.795. The highest BCUT2D eigenvalue weighted by atomic mass is 32.1. The van der Waals surface area contributed by atoms with Gasteiger partial charge in [0.25, 0.3) is 0 Å². The number of aromatic nitrogens is 1. The first-order chi connectivity index (χ1) is 12.7. The zero-order valence-corrected chi connectivity index (χ0v) is 16.3. The highest BCUT2D eigenvalue weighted by Crippen LogP contribution is 2.15. The lowest BCUT2D eigenvalue weighted by Gasteiger charge is -2.11. The normalized spacial score (nSPS) is 11.7. The third-order valence-electron chi connectivity index (χ3n) is 4.17. The Morgan fingerprint density at radius 2 is 1.92 bits per heavy atom. The Morgan fingerprint density at radius 3 is 2.69 bits per heavy atom. The van der Waals surface area contributed by atoms with Gasteiger partial charge < -0.3 is 10.6 Å². The minimum Gasteiger partial charge on any atom is -0.357 e. The Balaban J connectivity index is 1.51. The summed E-state index contributed by atoms with van der Waals surface area (Å²) in [6.07, 6.45) is 1.85. The number of aliphatic imine (C=N–C) groups is 1. The van der Waals surface area contributed by atoms with E-state index in [0.717, 1.165) is 49.1 Å². The van der Waals surface area contributed by atoms with E-state index in [0.29, 0.717) is 0 Å². The molecule has 0 aliphatic carbocycles. The minimum absolute atomic E-state index is 0.745. The van der Waals surface area contributed by atoms with E-state index in [2.05, 4.69) is 75.4 Å². The van der Waals surface area contributed by atoms with E-state index < -0.39 is 0 Å². The molecular weight excluding hydrogens is 340 g/mol. The molecule has 0 fully saturated rings. The SMILES string of the molecule is CCNC(=NCCc1csc(C)n1)NCCc1ccc2ccccc2c1. The molecule has 0 unspecified atom stereocenters. The van der Waals surface area contributed by atoms with E-state index in [-0.39, 0.29) is 0 Å². The molecule has 0 aliphatic rings. The molecule has 1 heterocycles. The summed E-state index contributed by atoms with van der Waals surface area (Å²) in [7, 11) is 0. The molecule has 2 N–H and O–H groups in total. The fourth-order valence-electron chi connectivity index (χ4n) is 2.87. The summed E-state index contributed by atoms with van der Waals surface area (Å²) in [5.41, 5.74) is 2.47. The average Bonchev–Trinajstić information content (AvgIpc) is 3.07. The summed E-state index contributed by atoms with van der Waals surface area (Å²) in [4.78, 5) is 9.15. The minimum atomic E-state index is 0.745. The van der Waals surface area contributed by atoms with E-state index in [4.69, 9.17) is 0 Å². The highest BCUT2D eigenvalue weighted by Gasteiger charge is 2.01. The van der Waals surface area contributed by atoms with Crippen LogP contribution in [-0.4, -0.2) is 30.6 Å². The maximum Gasteiger partial charge on any atom is 0.191 e. The lowest BCUT2D eigenvalue weighted by atomic mass is 10.1. The van der Waals surface area contributed by atoms with Crippen molar-refractivity contribution in [1.29, 1.82) is 0 Å². The molecule has 0 saturated carbocycles. The van der Waals surface area contributed by atoms with Gasteiger partial charge in [-0.2, -0.15) is 0 Å². The van der Waals surface area contributed by atoms with Gasteiger partial charge >= 0.3 is 0 Å². The molecule has 0 aliphatic heterocycles. The van der Waals surface area contributed by atoms with Crippen LogP contribution >= 0.6 is 11.3 Å². The first-order valence-electron chi connectivity index (χ1n) is 9.15. The number of hydrogen-bond donors (Lipinski definition) is 2. The Morgan fingerprint density at radius 1 is 1.08 bits per heavy atom. The molecule has 1 aromatic heterocycles. The molecule has 2 aromatic carbocycles. The van der Waals surface area contributed by atoms with Gasteiger partial charge in [-0.3, -0.25) is 4.99 Å². The fourth-order valence-corrected chi connectivity index (χ4v) is 3.51. The van der Waals surface area contributed by atoms with Crippen molar-refractivity contribution < 1.29 is 0 Å². The van der Waals surface area contributed by atoms with Gasteiger partial charge in [-0.1, -0.05) is 42.5 Å². The number of rotatable bonds is 7. The Hall–Kier alpha value is -2.40. The number of thiazole rings is 1. The van der Waals surface area contributed by atoms with Crippen LogP contribution in [0.4, 0.5) is 0 Å². The van der Waals surface area contributed by atoms with Crippen LogP contribution in [-0.2, 0) is 12.8 Å². The summed E-state index contributed by atoms with van der Waals surface area (Å²) in [6, 6.07) is 15.2. The summed E-state index contributed by atoms with van der Waals surface area (Å²) >= 11 is 1.69. The monoisotopic (exact) mass is 366 g/mol. The standard InChI is InChI=1S/C21H26N4S/c1-3-22-21(24-13-11-20-15-26-16(2)25-20)23-12-10-17-8-9-18-6-4-5-7-19(18)14-17/h4-9,14-15H,3,10-13H2,1-2H3,(H2,22,23,24). The zero-order valence-electron chi connectivity index (χ0n) is 15.5. The second kappa shape index (κ2) is 9.34. The van der Waals surface area contributed by atoms with Crippen LogP contribution in [0, 0.1) is 6.92 Å². The van der Waals surface area contributed by atoms with E-state index >= 15 is 0 Å². The number of aryl methyl sites for hydroxylation is 1. The van der Waals surface area contributed by atoms with Crippen molar-refractivity contribution in [3.8, 4) is 0 Å². The summed E-state index contributed by atoms with van der Waals surface area (Å²) in [6.45, 7) is 6.59. The Kier molecular flexibility index (Phi) is 6.61. The third-order valence-corrected chi connectivity index (χ3v) is 4.99. The van der Waals surface area contributed by atoms with Gasteiger partial charge in [0.2, 0.25) is 0 Å². The van der Waals surface area contributed by atoms with Crippen LogP contribution in [0.25, 0.3) is 10.8 Å². The third kappa shape index (κ3) is 5.30. The van der Waals surface area contributed by atoms with Crippen molar-refractivity contribution in [2.24, 2.45) is 4.99 Å². The highest BCUT2D eigenvalue weighted by molar-refractivity contribution is 7.09. The van der Waals surface area contributed by atoms with E-state index in [9.17, 15) is 0 Å². The molecular formula is C21H26N4S. The number of nitrogens with zero attached hydrogens (tertiary/aromatic N) is 2. The maximum atomic E-state index is 4.66. The van der Waals surface area contributed by atoms with Crippen LogP contribution in [0.5, 0.6) is 0 Å². The van der Waals surface area contributed by atoms with Crippen molar-refractivity contribution in [2.45, 2.75) is 26.7 Å². The molecule has 26 heavy (non-hydrogen) atoms. The summed E-state index contributed by atoms with van der Waals surface area (Å²) < 4.78 is 0. The average molecular weight is 367 g/mol. The molecule has 3 aromatic rings. The van der Waals surface area contributed by atoms with E-state index in [1.807, 2.05) is 6.92 Å². The van der Waals surface area contributed by atoms with Crippen molar-refractivity contribution in [1.82, 2.24) is 15.6 Å². The predicted octanol–water partition coefficient (Wildman–Crippen LogP) is 3.95. The van der Waals surface area contributed by atoms with Gasteiger partial charge in [-0.15, -0.1) is 11.3 Å². The van der Waals surface area contributed by atoms with Crippen molar-refractivity contribution >= 4 is 28.1 Å². The van der Waals surface area contributed by atoms with Gasteiger partial charge in [0.15, 0.2) is 5.96 Å². The topological polar surface area (TPSA) is 49.3 Å². The van der Waals surface area contributed by atoms with Crippen molar-refractivity contribution in [3.05, 3.63) is 64.1 Å². The number of benzene rings is 2. The molecule has 0 amide bonds. The van der Waals surface area contributed by atoms with Gasteiger partial charge in [0, 0.05) is 31.4 Å². The van der Waals surface area contributed by atoms with Gasteiger partial charge in [0.1, 0.15) is 0 Å². The smallest absolute Gasteiger partial charge is 0.191 e. The lowest BCUT2D eigenvalue weighted by Crippen LogP contribution is -2.38. The number of fused-ring (bicyclic) bond motifs is 1. The Labute approximate surface area is 159 Å². The molecule has 5 heteroatoms. The maximum absolute atomic E-state index is 4.66. The second-order valence-electron chi connectivity index (χ2n) is 6.23. The molecule has 3 rings (SSSR count). The largest absolute Gasteiger partial charge is 0.357 e. The first-order valence-corrected chi connectivity index (χ1v) is 10.0. The summed E-state index contributed by atoms with van der Waals surface area (Å²) in [5.74, 6) is 0.875. The molecule has 0 saturated heterocycles. The predicted molar refractivity (Wildman–Crippen MR) is 112 cm³/mol. The van der Waals surface area contributed by atoms with Crippen LogP contribution < -0.4 is 10.6 Å². The van der Waals surface area contributed by atoms with Crippen LogP contribution in [0.3, 0.4) is 0 Å². The molecule has 4 nitrogen and oxygen atoms in total.